The van der Waals surface area contributed by atoms with Crippen molar-refractivity contribution in [3.8, 4) is 0 Å². The van der Waals surface area contributed by atoms with Gasteiger partial charge in [-0.1, -0.05) is 39.0 Å². The Kier molecular flexibility index (Phi) is 13.5. The Morgan fingerprint density at radius 2 is 1.22 bits per heavy atom. The van der Waals surface area contributed by atoms with Gasteiger partial charge in [0.2, 0.25) is 0 Å². The minimum Gasteiger partial charge on any atom is -0.399 e. The van der Waals surface area contributed by atoms with E-state index in [1.807, 2.05) is 6.07 Å². The van der Waals surface area contributed by atoms with Gasteiger partial charge in [0.15, 0.2) is 0 Å². The molecule has 0 aromatic heterocycles. The molecule has 204 valence electrons. The Morgan fingerprint density at radius 3 is 1.59 bits per heavy atom. The Hall–Kier alpha value is -3.54. The number of hydrogen-bond acceptors (Lipinski definition) is 7. The molecule has 0 saturated carbocycles. The SMILES string of the molecule is CN(C)C=NS(=O)(=O)c1cccc(CC(C)(C)C)c1.CN(C)C=NS(=O)(=O)c1cccc(N)c1.O=C=O. The van der Waals surface area contributed by atoms with Crippen LogP contribution >= 0.6 is 0 Å². The van der Waals surface area contributed by atoms with Crippen molar-refractivity contribution >= 4 is 44.6 Å². The normalized spacial score (nSPS) is 11.6. The smallest absolute Gasteiger partial charge is 0.373 e. The van der Waals surface area contributed by atoms with Crippen LogP contribution in [0.1, 0.15) is 26.3 Å². The third kappa shape index (κ3) is 14.6. The Balaban J connectivity index is 0.000000647. The average Bonchev–Trinajstić information content (AvgIpc) is 2.77. The molecule has 0 bridgehead atoms. The number of anilines is 1. The molecule has 0 spiro atoms. The van der Waals surface area contributed by atoms with E-state index in [0.29, 0.717) is 5.69 Å². The van der Waals surface area contributed by atoms with E-state index >= 15 is 0 Å². The number of carbonyl (C=O) groups excluding carboxylic acids is 2. The lowest BCUT2D eigenvalue weighted by Crippen LogP contribution is -2.11. The lowest BCUT2D eigenvalue weighted by atomic mass is 9.88. The van der Waals surface area contributed by atoms with Gasteiger partial charge in [-0.25, -0.2) is 0 Å². The molecule has 11 nitrogen and oxygen atoms in total. The topological polar surface area (TPSA) is 160 Å². The lowest BCUT2D eigenvalue weighted by molar-refractivity contribution is -0.191. The maximum absolute atomic E-state index is 12.0. The van der Waals surface area contributed by atoms with Crippen molar-refractivity contribution in [2.45, 2.75) is 37.0 Å². The summed E-state index contributed by atoms with van der Waals surface area (Å²) in [6.07, 6.45) is 3.61. The molecule has 0 heterocycles. The summed E-state index contributed by atoms with van der Waals surface area (Å²) in [6, 6.07) is 13.0. The van der Waals surface area contributed by atoms with Crippen LogP contribution in [0.5, 0.6) is 0 Å². The highest BCUT2D eigenvalue weighted by atomic mass is 32.2. The summed E-state index contributed by atoms with van der Waals surface area (Å²) in [7, 11) is -0.388. The molecule has 2 N–H and O–H groups in total. The van der Waals surface area contributed by atoms with E-state index in [4.69, 9.17) is 15.3 Å². The van der Waals surface area contributed by atoms with Crippen molar-refractivity contribution in [1.82, 2.24) is 9.80 Å². The van der Waals surface area contributed by atoms with Crippen LogP contribution < -0.4 is 5.73 Å². The Bertz CT molecular complexity index is 1310. The van der Waals surface area contributed by atoms with Crippen LogP contribution in [0, 0.1) is 5.41 Å². The molecule has 37 heavy (non-hydrogen) atoms. The molecule has 13 heteroatoms. The summed E-state index contributed by atoms with van der Waals surface area (Å²) in [4.78, 5) is 19.7. The van der Waals surface area contributed by atoms with Crippen LogP contribution in [0.3, 0.4) is 0 Å². The van der Waals surface area contributed by atoms with Gasteiger partial charge in [0, 0.05) is 33.9 Å². The molecule has 2 rings (SSSR count). The van der Waals surface area contributed by atoms with Crippen LogP contribution in [-0.2, 0) is 36.1 Å². The summed E-state index contributed by atoms with van der Waals surface area (Å²) < 4.78 is 54.4. The van der Waals surface area contributed by atoms with Gasteiger partial charge in [0.05, 0.1) is 9.79 Å². The van der Waals surface area contributed by atoms with E-state index in [9.17, 15) is 16.8 Å². The molecule has 0 aliphatic rings. The van der Waals surface area contributed by atoms with E-state index in [1.165, 1.54) is 24.8 Å². The predicted molar refractivity (Wildman–Crippen MR) is 144 cm³/mol. The Morgan fingerprint density at radius 1 is 0.811 bits per heavy atom. The summed E-state index contributed by atoms with van der Waals surface area (Å²) in [5.41, 5.74) is 7.01. The lowest BCUT2D eigenvalue weighted by Gasteiger charge is -2.18. The zero-order valence-corrected chi connectivity index (χ0v) is 23.7. The highest BCUT2D eigenvalue weighted by Crippen LogP contribution is 2.23. The molecule has 0 amide bonds. The van der Waals surface area contributed by atoms with Crippen LogP contribution in [-0.4, -0.2) is 73.7 Å². The van der Waals surface area contributed by atoms with Crippen LogP contribution in [0.2, 0.25) is 0 Å². The summed E-state index contributed by atoms with van der Waals surface area (Å²) >= 11 is 0. The first-order valence-corrected chi connectivity index (χ1v) is 13.7. The summed E-state index contributed by atoms with van der Waals surface area (Å²) in [5.74, 6) is 0. The molecule has 0 aliphatic heterocycles. The molecule has 0 aliphatic carbocycles. The highest BCUT2D eigenvalue weighted by molar-refractivity contribution is 7.90. The number of nitrogens with zero attached hydrogens (tertiary/aromatic N) is 4. The van der Waals surface area contributed by atoms with Gasteiger partial charge in [-0.15, -0.1) is 8.80 Å². The van der Waals surface area contributed by atoms with E-state index in [-0.39, 0.29) is 21.4 Å². The quantitative estimate of drug-likeness (QED) is 0.309. The number of benzene rings is 2. The van der Waals surface area contributed by atoms with Gasteiger partial charge in [-0.3, -0.25) is 0 Å². The highest BCUT2D eigenvalue weighted by Gasteiger charge is 2.16. The number of nitrogens with two attached hydrogens (primary N) is 1. The zero-order chi connectivity index (χ0) is 28.9. The minimum atomic E-state index is -3.63. The van der Waals surface area contributed by atoms with Crippen molar-refractivity contribution in [2.75, 3.05) is 33.9 Å². The van der Waals surface area contributed by atoms with Crippen molar-refractivity contribution in [1.29, 1.82) is 0 Å². The molecule has 0 fully saturated rings. The monoisotopic (exact) mass is 553 g/mol. The number of rotatable bonds is 7. The van der Waals surface area contributed by atoms with Gasteiger partial charge in [-0.05, 0) is 47.7 Å². The zero-order valence-electron chi connectivity index (χ0n) is 22.1. The fourth-order valence-corrected chi connectivity index (χ4v) is 4.49. The summed E-state index contributed by atoms with van der Waals surface area (Å²) in [6.45, 7) is 6.37. The van der Waals surface area contributed by atoms with E-state index < -0.39 is 20.0 Å². The number of sulfonamides is 2. The third-order valence-corrected chi connectivity index (χ3v) is 6.36. The maximum atomic E-state index is 12.0. The first-order chi connectivity index (χ1) is 16.9. The molecule has 0 saturated heterocycles. The van der Waals surface area contributed by atoms with Crippen molar-refractivity contribution in [3.63, 3.8) is 0 Å². The first kappa shape index (κ1) is 33.5. The van der Waals surface area contributed by atoms with E-state index in [1.54, 1.807) is 68.3 Å². The van der Waals surface area contributed by atoms with E-state index in [0.717, 1.165) is 12.0 Å². The maximum Gasteiger partial charge on any atom is 0.373 e. The summed E-state index contributed by atoms with van der Waals surface area (Å²) in [5, 5.41) is 0. The molecular weight excluding hydrogens is 518 g/mol. The second-order valence-electron chi connectivity index (χ2n) is 9.36. The Labute approximate surface area is 219 Å². The van der Waals surface area contributed by atoms with Gasteiger partial charge in [0.25, 0.3) is 20.0 Å². The predicted octanol–water partition coefficient (Wildman–Crippen LogP) is 2.52. The molecule has 0 radical (unpaired) electrons. The van der Waals surface area contributed by atoms with Crippen molar-refractivity contribution in [3.05, 3.63) is 54.1 Å². The second kappa shape index (κ2) is 14.9. The van der Waals surface area contributed by atoms with E-state index in [2.05, 4.69) is 29.6 Å². The minimum absolute atomic E-state index is 0.0978. The van der Waals surface area contributed by atoms with Gasteiger partial charge >= 0.3 is 6.15 Å². The fraction of sp³-hybridized carbons (Fsp3) is 0.375. The fourth-order valence-electron chi connectivity index (χ4n) is 2.54. The van der Waals surface area contributed by atoms with Crippen molar-refractivity contribution < 1.29 is 26.4 Å². The third-order valence-electron chi connectivity index (χ3n) is 3.92. The molecule has 2 aromatic rings. The average molecular weight is 554 g/mol. The van der Waals surface area contributed by atoms with Crippen molar-refractivity contribution in [2.24, 2.45) is 14.2 Å². The van der Waals surface area contributed by atoms with Crippen LogP contribution in [0.15, 0.2) is 67.1 Å². The van der Waals surface area contributed by atoms with Crippen LogP contribution in [0.25, 0.3) is 0 Å². The molecule has 2 aromatic carbocycles. The van der Waals surface area contributed by atoms with Gasteiger partial charge < -0.3 is 15.5 Å². The largest absolute Gasteiger partial charge is 0.399 e. The van der Waals surface area contributed by atoms with Crippen LogP contribution in [0.4, 0.5) is 5.69 Å². The molecule has 0 unspecified atom stereocenters. The standard InChI is InChI=1S/C14H22N2O2S.C9H13N3O2S.CO2/c1-14(2,3)10-12-7-6-8-13(9-12)19(17,18)15-11-16(4)5;1-12(2)7-11-15(13,14)9-5-3-4-8(10)6-9;2-1-3/h6-9,11H,10H2,1-5H3;3-7H,10H2,1-2H3;. The van der Waals surface area contributed by atoms with Gasteiger partial charge in [0.1, 0.15) is 12.7 Å². The first-order valence-electron chi connectivity index (χ1n) is 10.8. The second-order valence-corrected chi connectivity index (χ2v) is 12.6. The molecule has 0 atom stereocenters. The molecular formula is C24H35N5O6S2. The van der Waals surface area contributed by atoms with Gasteiger partial charge in [-0.2, -0.15) is 26.4 Å². The number of nitrogen functional groups attached to an aromatic ring is 1. The number of hydrogen-bond donors (Lipinski definition) is 1.